The Hall–Kier alpha value is -2.47. The molecule has 1 amide bonds. The van der Waals surface area contributed by atoms with Gasteiger partial charge in [0.15, 0.2) is 5.11 Å². The van der Waals surface area contributed by atoms with Crippen molar-refractivity contribution in [1.82, 2.24) is 10.9 Å². The maximum absolute atomic E-state index is 12.8. The molecule has 0 saturated heterocycles. The van der Waals surface area contributed by atoms with E-state index < -0.39 is 0 Å². The number of hydrogen-bond acceptors (Lipinski definition) is 2. The van der Waals surface area contributed by atoms with Crippen LogP contribution in [0.25, 0.3) is 0 Å². The molecule has 0 unspecified atom stereocenters. The van der Waals surface area contributed by atoms with E-state index in [1.54, 1.807) is 12.1 Å². The number of carbonyl (C=O) groups is 1. The summed E-state index contributed by atoms with van der Waals surface area (Å²) in [7, 11) is 0. The van der Waals surface area contributed by atoms with Crippen LogP contribution >= 0.6 is 12.2 Å². The fourth-order valence-corrected chi connectivity index (χ4v) is 2.96. The highest BCUT2D eigenvalue weighted by molar-refractivity contribution is 7.80. The molecule has 3 N–H and O–H groups in total. The van der Waals surface area contributed by atoms with Gasteiger partial charge >= 0.3 is 0 Å². The van der Waals surface area contributed by atoms with Crippen molar-refractivity contribution >= 4 is 28.9 Å². The van der Waals surface area contributed by atoms with E-state index in [1.807, 2.05) is 6.07 Å². The number of nitrogens with one attached hydrogen (secondary N) is 3. The number of halogens is 1. The van der Waals surface area contributed by atoms with Gasteiger partial charge in [0.1, 0.15) is 5.82 Å². The first-order valence-corrected chi connectivity index (χ1v) is 8.23. The molecule has 0 saturated carbocycles. The smallest absolute Gasteiger partial charge is 0.242 e. The second kappa shape index (κ2) is 7.40. The third-order valence-corrected chi connectivity index (χ3v) is 4.15. The first-order valence-electron chi connectivity index (χ1n) is 7.82. The van der Waals surface area contributed by atoms with Gasteiger partial charge in [0.25, 0.3) is 0 Å². The van der Waals surface area contributed by atoms with Crippen LogP contribution in [0.5, 0.6) is 0 Å². The van der Waals surface area contributed by atoms with E-state index >= 15 is 0 Å². The number of amides is 1. The molecule has 3 rings (SSSR count). The van der Waals surface area contributed by atoms with Gasteiger partial charge < -0.3 is 5.32 Å². The monoisotopic (exact) mass is 343 g/mol. The van der Waals surface area contributed by atoms with Crippen molar-refractivity contribution in [2.45, 2.75) is 25.7 Å². The van der Waals surface area contributed by atoms with Crippen LogP contribution in [0.15, 0.2) is 42.5 Å². The van der Waals surface area contributed by atoms with Crippen LogP contribution in [0, 0.1) is 5.82 Å². The fourth-order valence-electron chi connectivity index (χ4n) is 2.79. The molecule has 1 aliphatic rings. The lowest BCUT2D eigenvalue weighted by molar-refractivity contribution is -0.120. The Morgan fingerprint density at radius 3 is 2.58 bits per heavy atom. The Labute approximate surface area is 145 Å². The Bertz CT molecular complexity index is 761. The summed E-state index contributed by atoms with van der Waals surface area (Å²) < 4.78 is 12.8. The molecule has 0 fully saturated rings. The summed E-state index contributed by atoms with van der Waals surface area (Å²) in [5.74, 6) is -0.488. The summed E-state index contributed by atoms with van der Waals surface area (Å²) in [5, 5.41) is 3.10. The van der Waals surface area contributed by atoms with Crippen LogP contribution in [0.4, 0.5) is 10.1 Å². The number of anilines is 1. The second-order valence-electron chi connectivity index (χ2n) is 5.77. The summed E-state index contributed by atoms with van der Waals surface area (Å²) in [6.45, 7) is 0. The predicted molar refractivity (Wildman–Crippen MR) is 96.1 cm³/mol. The summed E-state index contributed by atoms with van der Waals surface area (Å²) in [6.07, 6.45) is 3.71. The average molecular weight is 343 g/mol. The lowest BCUT2D eigenvalue weighted by Gasteiger charge is -2.12. The van der Waals surface area contributed by atoms with E-state index in [-0.39, 0.29) is 16.8 Å². The zero-order valence-electron chi connectivity index (χ0n) is 13.1. The first-order chi connectivity index (χ1) is 11.6. The first kappa shape index (κ1) is 16.4. The summed E-state index contributed by atoms with van der Waals surface area (Å²) in [4.78, 5) is 12.0. The van der Waals surface area contributed by atoms with Gasteiger partial charge in [0, 0.05) is 5.69 Å². The minimum Gasteiger partial charge on any atom is -0.331 e. The molecule has 0 bridgehead atoms. The minimum absolute atomic E-state index is 0.170. The van der Waals surface area contributed by atoms with E-state index in [0.717, 1.165) is 18.4 Å². The third kappa shape index (κ3) is 4.29. The summed E-state index contributed by atoms with van der Waals surface area (Å²) in [6, 6.07) is 12.0. The molecular formula is C18H18FN3OS. The molecule has 4 nitrogen and oxygen atoms in total. The molecule has 6 heteroatoms. The fraction of sp³-hybridized carbons (Fsp3) is 0.222. The number of thiocarbonyl (C=S) groups is 1. The minimum atomic E-state index is -0.318. The number of carbonyl (C=O) groups excluding carboxylic acids is 1. The molecule has 0 aliphatic heterocycles. The predicted octanol–water partition coefficient (Wildman–Crippen LogP) is 2.87. The van der Waals surface area contributed by atoms with E-state index in [0.29, 0.717) is 12.1 Å². The number of hydrazine groups is 1. The van der Waals surface area contributed by atoms with Gasteiger partial charge in [-0.25, -0.2) is 4.39 Å². The van der Waals surface area contributed by atoms with Crippen molar-refractivity contribution in [1.29, 1.82) is 0 Å². The summed E-state index contributed by atoms with van der Waals surface area (Å²) in [5.41, 5.74) is 9.58. The summed E-state index contributed by atoms with van der Waals surface area (Å²) >= 11 is 5.09. The van der Waals surface area contributed by atoms with Crippen molar-refractivity contribution < 1.29 is 9.18 Å². The number of rotatable bonds is 3. The van der Waals surface area contributed by atoms with Crippen molar-refractivity contribution in [2.24, 2.45) is 0 Å². The number of benzene rings is 2. The lowest BCUT2D eigenvalue weighted by Crippen LogP contribution is -2.44. The number of hydrogen-bond donors (Lipinski definition) is 3. The van der Waals surface area contributed by atoms with Crippen LogP contribution in [-0.4, -0.2) is 11.0 Å². The van der Waals surface area contributed by atoms with Crippen molar-refractivity contribution in [3.63, 3.8) is 0 Å². The normalized spacial score (nSPS) is 12.4. The van der Waals surface area contributed by atoms with Crippen LogP contribution in [0.1, 0.15) is 23.1 Å². The molecule has 1 aliphatic carbocycles. The molecule has 0 aromatic heterocycles. The lowest BCUT2D eigenvalue weighted by atomic mass is 10.0. The SMILES string of the molecule is O=C(Cc1ccc2c(c1)CCC2)NNC(=S)Nc1ccc(F)cc1. The van der Waals surface area contributed by atoms with E-state index in [4.69, 9.17) is 12.2 Å². The number of fused-ring (bicyclic) bond motifs is 1. The largest absolute Gasteiger partial charge is 0.331 e. The van der Waals surface area contributed by atoms with Gasteiger partial charge in [-0.2, -0.15) is 0 Å². The third-order valence-electron chi connectivity index (χ3n) is 3.95. The molecule has 0 spiro atoms. The van der Waals surface area contributed by atoms with Gasteiger partial charge in [0.2, 0.25) is 5.91 Å². The van der Waals surface area contributed by atoms with E-state index in [1.165, 1.54) is 29.7 Å². The molecule has 0 atom stereocenters. The van der Waals surface area contributed by atoms with Gasteiger partial charge in [0.05, 0.1) is 6.42 Å². The highest BCUT2D eigenvalue weighted by Gasteiger charge is 2.12. The van der Waals surface area contributed by atoms with Gasteiger partial charge in [-0.3, -0.25) is 15.6 Å². The number of aryl methyl sites for hydroxylation is 2. The molecule has 2 aromatic rings. The highest BCUT2D eigenvalue weighted by atomic mass is 32.1. The molecule has 124 valence electrons. The molecule has 2 aromatic carbocycles. The maximum Gasteiger partial charge on any atom is 0.242 e. The van der Waals surface area contributed by atoms with Gasteiger partial charge in [-0.05, 0) is 72.4 Å². The molecule has 24 heavy (non-hydrogen) atoms. The Kier molecular flexibility index (Phi) is 5.05. The molecular weight excluding hydrogens is 325 g/mol. The van der Waals surface area contributed by atoms with Crippen LogP contribution in [0.2, 0.25) is 0 Å². The van der Waals surface area contributed by atoms with Crippen molar-refractivity contribution in [2.75, 3.05) is 5.32 Å². The van der Waals surface area contributed by atoms with Crippen molar-refractivity contribution in [3.05, 3.63) is 65.0 Å². The molecule has 0 heterocycles. The van der Waals surface area contributed by atoms with Crippen LogP contribution < -0.4 is 16.2 Å². The van der Waals surface area contributed by atoms with Gasteiger partial charge in [-0.1, -0.05) is 18.2 Å². The Morgan fingerprint density at radius 1 is 1.04 bits per heavy atom. The highest BCUT2D eigenvalue weighted by Crippen LogP contribution is 2.22. The maximum atomic E-state index is 12.8. The zero-order chi connectivity index (χ0) is 16.9. The second-order valence-corrected chi connectivity index (χ2v) is 6.18. The van der Waals surface area contributed by atoms with E-state index in [2.05, 4.69) is 28.3 Å². The standard InChI is InChI=1S/C18H18FN3OS/c19-15-6-8-16(9-7-15)20-18(24)22-21-17(23)11-12-4-5-13-2-1-3-14(13)10-12/h4-10H,1-3,11H2,(H,21,23)(H2,20,22,24). The van der Waals surface area contributed by atoms with Crippen LogP contribution in [-0.2, 0) is 24.1 Å². The Morgan fingerprint density at radius 2 is 1.79 bits per heavy atom. The zero-order valence-corrected chi connectivity index (χ0v) is 13.9. The van der Waals surface area contributed by atoms with Crippen LogP contribution in [0.3, 0.4) is 0 Å². The Balaban J connectivity index is 1.46. The van der Waals surface area contributed by atoms with Crippen molar-refractivity contribution in [3.8, 4) is 0 Å². The topological polar surface area (TPSA) is 53.2 Å². The van der Waals surface area contributed by atoms with E-state index in [9.17, 15) is 9.18 Å². The van der Waals surface area contributed by atoms with Gasteiger partial charge in [-0.15, -0.1) is 0 Å². The molecule has 0 radical (unpaired) electrons. The average Bonchev–Trinajstić information content (AvgIpc) is 3.03. The quantitative estimate of drug-likeness (QED) is 0.593.